The van der Waals surface area contributed by atoms with E-state index >= 15 is 0 Å². The summed E-state index contributed by atoms with van der Waals surface area (Å²) in [5, 5.41) is 7.24. The van der Waals surface area contributed by atoms with Crippen LogP contribution in [0.4, 0.5) is 0 Å². The Morgan fingerprint density at radius 1 is 1.26 bits per heavy atom. The van der Waals surface area contributed by atoms with Crippen molar-refractivity contribution in [2.24, 2.45) is 0 Å². The van der Waals surface area contributed by atoms with Crippen LogP contribution in [0.1, 0.15) is 32.4 Å². The molecule has 1 atom stereocenters. The molecule has 2 aromatic rings. The number of ether oxygens (including phenoxy) is 2. The van der Waals surface area contributed by atoms with Crippen molar-refractivity contribution in [3.63, 3.8) is 0 Å². The number of nitrogens with zero attached hydrogens (tertiary/aromatic N) is 2. The summed E-state index contributed by atoms with van der Waals surface area (Å²) in [6, 6.07) is 7.48. The van der Waals surface area contributed by atoms with Gasteiger partial charge in [0.15, 0.2) is 0 Å². The minimum atomic E-state index is -0.136. The Morgan fingerprint density at radius 2 is 1.96 bits per heavy atom. The number of nitrogens with one attached hydrogen (secondary N) is 1. The lowest BCUT2D eigenvalue weighted by molar-refractivity contribution is -0.127. The monoisotopic (exact) mass is 317 g/mol. The molecule has 6 heteroatoms. The molecular weight excluding hydrogens is 294 g/mol. The number of carbonyl (C=O) groups excluding carboxylic acids is 1. The zero-order valence-corrected chi connectivity index (χ0v) is 13.9. The van der Waals surface area contributed by atoms with Crippen LogP contribution >= 0.6 is 0 Å². The molecule has 1 aromatic carbocycles. The van der Waals surface area contributed by atoms with Gasteiger partial charge < -0.3 is 14.8 Å². The Hall–Kier alpha value is -2.34. The molecule has 0 saturated carbocycles. The van der Waals surface area contributed by atoms with Crippen molar-refractivity contribution in [3.8, 4) is 11.4 Å². The maximum absolute atomic E-state index is 11.8. The summed E-state index contributed by atoms with van der Waals surface area (Å²) in [6.07, 6.45) is 3.68. The molecule has 1 amide bonds. The number of amides is 1. The first kappa shape index (κ1) is 17.0. The normalized spacial score (nSPS) is 12.2. The summed E-state index contributed by atoms with van der Waals surface area (Å²) in [5.41, 5.74) is 1.86. The van der Waals surface area contributed by atoms with Crippen LogP contribution in [0, 0.1) is 0 Å². The summed E-state index contributed by atoms with van der Waals surface area (Å²) in [6.45, 7) is 5.78. The molecule has 1 aromatic heterocycles. The minimum absolute atomic E-state index is 0.0360. The molecule has 2 rings (SSSR count). The number of methoxy groups -OCH3 is 1. The summed E-state index contributed by atoms with van der Waals surface area (Å²) >= 11 is 0. The fraction of sp³-hybridized carbons (Fsp3) is 0.412. The first-order valence-corrected chi connectivity index (χ1v) is 7.59. The number of aromatic nitrogens is 2. The van der Waals surface area contributed by atoms with Crippen molar-refractivity contribution in [2.75, 3.05) is 13.7 Å². The Labute approximate surface area is 136 Å². The van der Waals surface area contributed by atoms with E-state index in [-0.39, 0.29) is 24.7 Å². The highest BCUT2D eigenvalue weighted by molar-refractivity contribution is 5.77. The summed E-state index contributed by atoms with van der Waals surface area (Å²) in [4.78, 5) is 11.8. The fourth-order valence-corrected chi connectivity index (χ4v) is 2.05. The molecule has 6 nitrogen and oxygen atoms in total. The van der Waals surface area contributed by atoms with Gasteiger partial charge in [0.1, 0.15) is 12.4 Å². The number of hydrogen-bond acceptors (Lipinski definition) is 4. The second-order valence-corrected chi connectivity index (χ2v) is 5.57. The van der Waals surface area contributed by atoms with Crippen molar-refractivity contribution in [1.29, 1.82) is 0 Å². The molecule has 0 aliphatic heterocycles. The molecule has 0 bridgehead atoms. The predicted octanol–water partition coefficient (Wildman–Crippen LogP) is 2.48. The number of hydrogen-bond donors (Lipinski definition) is 1. The molecule has 0 radical (unpaired) electrons. The molecule has 1 N–H and O–H groups in total. The Kier molecular flexibility index (Phi) is 5.76. The van der Waals surface area contributed by atoms with E-state index in [2.05, 4.69) is 10.4 Å². The van der Waals surface area contributed by atoms with Gasteiger partial charge in [-0.1, -0.05) is 0 Å². The van der Waals surface area contributed by atoms with E-state index in [1.54, 1.807) is 18.0 Å². The van der Waals surface area contributed by atoms with Crippen LogP contribution in [-0.2, 0) is 9.53 Å². The minimum Gasteiger partial charge on any atom is -0.497 e. The highest BCUT2D eigenvalue weighted by Crippen LogP contribution is 2.17. The van der Waals surface area contributed by atoms with E-state index in [1.807, 2.05) is 51.2 Å². The molecule has 23 heavy (non-hydrogen) atoms. The van der Waals surface area contributed by atoms with E-state index in [1.165, 1.54) is 0 Å². The van der Waals surface area contributed by atoms with Crippen molar-refractivity contribution >= 4 is 5.91 Å². The Balaban J connectivity index is 1.98. The van der Waals surface area contributed by atoms with Crippen LogP contribution < -0.4 is 10.1 Å². The van der Waals surface area contributed by atoms with Gasteiger partial charge in [-0.3, -0.25) is 4.79 Å². The van der Waals surface area contributed by atoms with E-state index in [4.69, 9.17) is 9.47 Å². The van der Waals surface area contributed by atoms with E-state index < -0.39 is 0 Å². The third kappa shape index (κ3) is 4.82. The summed E-state index contributed by atoms with van der Waals surface area (Å²) in [5.74, 6) is 0.662. The maximum Gasteiger partial charge on any atom is 0.246 e. The zero-order chi connectivity index (χ0) is 16.8. The SMILES string of the molecule is COc1ccc(-n2cc([C@H](C)NC(=O)COC(C)C)cn2)cc1. The van der Waals surface area contributed by atoms with E-state index in [9.17, 15) is 4.79 Å². The first-order valence-electron chi connectivity index (χ1n) is 7.59. The maximum atomic E-state index is 11.8. The second-order valence-electron chi connectivity index (χ2n) is 5.57. The van der Waals surface area contributed by atoms with E-state index in [0.717, 1.165) is 17.0 Å². The molecule has 0 unspecified atom stereocenters. The molecule has 124 valence electrons. The van der Waals surface area contributed by atoms with Gasteiger partial charge in [0.25, 0.3) is 0 Å². The van der Waals surface area contributed by atoms with E-state index in [0.29, 0.717) is 0 Å². The standard InChI is InChI=1S/C17H23N3O3/c1-12(2)23-11-17(21)19-13(3)14-9-18-20(10-14)15-5-7-16(22-4)8-6-15/h5-10,12-13H,11H2,1-4H3,(H,19,21)/t13-/m0/s1. The van der Waals surface area contributed by atoms with Gasteiger partial charge in [-0.15, -0.1) is 0 Å². The average Bonchev–Trinajstić information content (AvgIpc) is 3.03. The topological polar surface area (TPSA) is 65.4 Å². The number of carbonyl (C=O) groups is 1. The molecule has 0 fully saturated rings. The largest absolute Gasteiger partial charge is 0.497 e. The number of benzene rings is 1. The molecule has 0 spiro atoms. The van der Waals surface area contributed by atoms with Crippen molar-refractivity contribution in [2.45, 2.75) is 32.9 Å². The molecule has 0 saturated heterocycles. The van der Waals surface area contributed by atoms with Crippen LogP contribution in [-0.4, -0.2) is 35.5 Å². The fourth-order valence-electron chi connectivity index (χ4n) is 2.05. The first-order chi connectivity index (χ1) is 11.0. The molecule has 1 heterocycles. The molecule has 0 aliphatic rings. The third-order valence-corrected chi connectivity index (χ3v) is 3.36. The average molecular weight is 317 g/mol. The van der Waals surface area contributed by atoms with Gasteiger partial charge in [-0.25, -0.2) is 4.68 Å². The van der Waals surface area contributed by atoms with Crippen molar-refractivity contribution < 1.29 is 14.3 Å². The highest BCUT2D eigenvalue weighted by Gasteiger charge is 2.12. The smallest absolute Gasteiger partial charge is 0.246 e. The van der Waals surface area contributed by atoms with Gasteiger partial charge in [0, 0.05) is 11.8 Å². The zero-order valence-electron chi connectivity index (χ0n) is 13.9. The molecular formula is C17H23N3O3. The summed E-state index contributed by atoms with van der Waals surface area (Å²) < 4.78 is 12.2. The lowest BCUT2D eigenvalue weighted by Crippen LogP contribution is -2.31. The van der Waals surface area contributed by atoms with Crippen LogP contribution in [0.5, 0.6) is 5.75 Å². The lowest BCUT2D eigenvalue weighted by atomic mass is 10.2. The van der Waals surface area contributed by atoms with Crippen LogP contribution in [0.25, 0.3) is 5.69 Å². The third-order valence-electron chi connectivity index (χ3n) is 3.36. The van der Waals surface area contributed by atoms with Crippen LogP contribution in [0.2, 0.25) is 0 Å². The molecule has 0 aliphatic carbocycles. The lowest BCUT2D eigenvalue weighted by Gasteiger charge is -2.13. The van der Waals surface area contributed by atoms with Crippen LogP contribution in [0.15, 0.2) is 36.7 Å². The van der Waals surface area contributed by atoms with Gasteiger partial charge in [-0.2, -0.15) is 5.10 Å². The second kappa shape index (κ2) is 7.78. The summed E-state index contributed by atoms with van der Waals surface area (Å²) in [7, 11) is 1.63. The van der Waals surface area contributed by atoms with Crippen molar-refractivity contribution in [1.82, 2.24) is 15.1 Å². The Morgan fingerprint density at radius 3 is 2.57 bits per heavy atom. The van der Waals surface area contributed by atoms with Gasteiger partial charge in [0.05, 0.1) is 31.1 Å². The van der Waals surface area contributed by atoms with Crippen molar-refractivity contribution in [3.05, 3.63) is 42.2 Å². The number of rotatable bonds is 7. The predicted molar refractivity (Wildman–Crippen MR) is 87.8 cm³/mol. The highest BCUT2D eigenvalue weighted by atomic mass is 16.5. The van der Waals surface area contributed by atoms with Gasteiger partial charge in [-0.05, 0) is 45.0 Å². The van der Waals surface area contributed by atoms with Gasteiger partial charge >= 0.3 is 0 Å². The van der Waals surface area contributed by atoms with Gasteiger partial charge in [0.2, 0.25) is 5.91 Å². The van der Waals surface area contributed by atoms with Crippen LogP contribution in [0.3, 0.4) is 0 Å². The Bertz CT molecular complexity index is 635. The quantitative estimate of drug-likeness (QED) is 0.852.